The van der Waals surface area contributed by atoms with E-state index >= 15 is 0 Å². The maximum Gasteiger partial charge on any atom is 0.216 e. The molecule has 0 spiro atoms. The fourth-order valence-electron chi connectivity index (χ4n) is 1.36. The second kappa shape index (κ2) is 3.84. The first-order valence-electron chi connectivity index (χ1n) is 4.49. The van der Waals surface area contributed by atoms with Gasteiger partial charge in [0.25, 0.3) is 0 Å². The quantitative estimate of drug-likeness (QED) is 0.794. The molecule has 0 fully saturated rings. The van der Waals surface area contributed by atoms with Crippen LogP contribution in [0, 0.1) is 13.8 Å². The van der Waals surface area contributed by atoms with Crippen LogP contribution in [0.4, 0.5) is 10.3 Å². The Balaban J connectivity index is 2.46. The minimum atomic E-state index is -0.0987. The zero-order valence-corrected chi connectivity index (χ0v) is 10.4. The minimum Gasteiger partial charge on any atom is -0.375 e. The number of carbonyl (C=O) groups excluding carboxylic acids is 1. The molecule has 7 heteroatoms. The number of anilines is 2. The van der Waals surface area contributed by atoms with E-state index in [0.717, 1.165) is 0 Å². The molecule has 0 aliphatic rings. The van der Waals surface area contributed by atoms with Gasteiger partial charge in [0.1, 0.15) is 9.75 Å². The van der Waals surface area contributed by atoms with Crippen LogP contribution in [-0.2, 0) is 0 Å². The van der Waals surface area contributed by atoms with Crippen molar-refractivity contribution in [1.82, 2.24) is 9.97 Å². The number of nitrogens with two attached hydrogens (primary N) is 2. The summed E-state index contributed by atoms with van der Waals surface area (Å²) in [5.41, 5.74) is 12.4. The third-order valence-electron chi connectivity index (χ3n) is 2.04. The standard InChI is InChI=1S/C9H10N4OS2/c1-3-6(15-8(10)12-3)5(14)7-4(2)13-9(11)16-7/h1-2H3,(H2,10,12)(H2,11,13). The van der Waals surface area contributed by atoms with Gasteiger partial charge >= 0.3 is 0 Å². The molecular formula is C9H10N4OS2. The summed E-state index contributed by atoms with van der Waals surface area (Å²) in [5.74, 6) is -0.0987. The highest BCUT2D eigenvalue weighted by Gasteiger charge is 2.20. The second-order valence-corrected chi connectivity index (χ2v) is 5.32. The number of nitrogens with zero attached hydrogens (tertiary/aromatic N) is 2. The zero-order chi connectivity index (χ0) is 11.9. The van der Waals surface area contributed by atoms with Crippen LogP contribution in [0.2, 0.25) is 0 Å². The van der Waals surface area contributed by atoms with Gasteiger partial charge in [0, 0.05) is 0 Å². The number of carbonyl (C=O) groups is 1. The van der Waals surface area contributed by atoms with Gasteiger partial charge in [-0.1, -0.05) is 22.7 Å². The molecule has 0 unspecified atom stereocenters. The number of aromatic nitrogens is 2. The van der Waals surface area contributed by atoms with Gasteiger partial charge in [0.05, 0.1) is 11.4 Å². The van der Waals surface area contributed by atoms with Gasteiger partial charge in [-0.2, -0.15) is 0 Å². The maximum atomic E-state index is 12.1. The second-order valence-electron chi connectivity index (χ2n) is 3.26. The molecule has 0 radical (unpaired) electrons. The predicted octanol–water partition coefficient (Wildman–Crippen LogP) is 1.61. The fraction of sp³-hybridized carbons (Fsp3) is 0.222. The highest BCUT2D eigenvalue weighted by molar-refractivity contribution is 7.20. The van der Waals surface area contributed by atoms with Crippen molar-refractivity contribution in [2.75, 3.05) is 11.5 Å². The molecule has 0 amide bonds. The summed E-state index contributed by atoms with van der Waals surface area (Å²) >= 11 is 2.38. The number of hydrogen-bond acceptors (Lipinski definition) is 7. The molecule has 2 aromatic heterocycles. The fourth-order valence-corrected chi connectivity index (χ4v) is 2.98. The molecule has 0 aromatic carbocycles. The molecule has 84 valence electrons. The molecule has 2 rings (SSSR count). The van der Waals surface area contributed by atoms with Gasteiger partial charge in [-0.25, -0.2) is 9.97 Å². The molecule has 0 saturated heterocycles. The molecule has 0 atom stereocenters. The highest BCUT2D eigenvalue weighted by atomic mass is 32.1. The molecule has 0 aliphatic carbocycles. The SMILES string of the molecule is Cc1nc(N)sc1C(=O)c1sc(N)nc1C. The van der Waals surface area contributed by atoms with Crippen LogP contribution in [0.25, 0.3) is 0 Å². The Labute approximate surface area is 100 Å². The first-order chi connectivity index (χ1) is 7.49. The van der Waals surface area contributed by atoms with Crippen molar-refractivity contribution in [2.45, 2.75) is 13.8 Å². The van der Waals surface area contributed by atoms with Gasteiger partial charge in [-0.3, -0.25) is 4.79 Å². The number of ketones is 1. The van der Waals surface area contributed by atoms with Crippen molar-refractivity contribution >= 4 is 38.7 Å². The summed E-state index contributed by atoms with van der Waals surface area (Å²) in [7, 11) is 0. The average molecular weight is 254 g/mol. The van der Waals surface area contributed by atoms with Crippen molar-refractivity contribution in [3.05, 3.63) is 21.1 Å². The molecule has 5 nitrogen and oxygen atoms in total. The average Bonchev–Trinajstić information content (AvgIpc) is 2.68. The van der Waals surface area contributed by atoms with Crippen LogP contribution in [0.1, 0.15) is 25.9 Å². The zero-order valence-electron chi connectivity index (χ0n) is 8.77. The van der Waals surface area contributed by atoms with Gasteiger partial charge < -0.3 is 11.5 Å². The van der Waals surface area contributed by atoms with E-state index in [-0.39, 0.29) is 5.78 Å². The Morgan fingerprint density at radius 3 is 1.62 bits per heavy atom. The van der Waals surface area contributed by atoms with E-state index in [1.807, 2.05) is 0 Å². The summed E-state index contributed by atoms with van der Waals surface area (Å²) in [6.45, 7) is 3.53. The number of thiazole rings is 2. The molecule has 16 heavy (non-hydrogen) atoms. The van der Waals surface area contributed by atoms with E-state index in [1.54, 1.807) is 13.8 Å². The summed E-state index contributed by atoms with van der Waals surface area (Å²) in [5, 5.41) is 0.798. The van der Waals surface area contributed by atoms with Gasteiger partial charge in [0.2, 0.25) is 5.78 Å². The van der Waals surface area contributed by atoms with E-state index in [9.17, 15) is 4.79 Å². The lowest BCUT2D eigenvalue weighted by molar-refractivity contribution is 0.104. The van der Waals surface area contributed by atoms with Crippen molar-refractivity contribution < 1.29 is 4.79 Å². The van der Waals surface area contributed by atoms with Crippen LogP contribution >= 0.6 is 22.7 Å². The van der Waals surface area contributed by atoms with Crippen molar-refractivity contribution in [3.8, 4) is 0 Å². The van der Waals surface area contributed by atoms with Gasteiger partial charge in [-0.05, 0) is 13.8 Å². The Hall–Kier alpha value is -1.47. The van der Waals surface area contributed by atoms with Gasteiger partial charge in [0.15, 0.2) is 10.3 Å². The topological polar surface area (TPSA) is 94.9 Å². The normalized spacial score (nSPS) is 10.6. The number of aryl methyl sites for hydroxylation is 2. The van der Waals surface area contributed by atoms with E-state index in [2.05, 4.69) is 9.97 Å². The molecule has 2 heterocycles. The Morgan fingerprint density at radius 1 is 1.00 bits per heavy atom. The van der Waals surface area contributed by atoms with Gasteiger partial charge in [-0.15, -0.1) is 0 Å². The Kier molecular flexibility index (Phi) is 2.64. The first kappa shape index (κ1) is 11.0. The lowest BCUT2D eigenvalue weighted by Crippen LogP contribution is -2.00. The molecule has 0 saturated carbocycles. The van der Waals surface area contributed by atoms with Crippen LogP contribution in [0.15, 0.2) is 0 Å². The van der Waals surface area contributed by atoms with E-state index in [1.165, 1.54) is 22.7 Å². The highest BCUT2D eigenvalue weighted by Crippen LogP contribution is 2.28. The number of rotatable bonds is 2. The lowest BCUT2D eigenvalue weighted by Gasteiger charge is -1.95. The smallest absolute Gasteiger partial charge is 0.216 e. The van der Waals surface area contributed by atoms with E-state index < -0.39 is 0 Å². The molecular weight excluding hydrogens is 244 g/mol. The summed E-state index contributed by atoms with van der Waals surface area (Å²) in [6.07, 6.45) is 0. The third kappa shape index (κ3) is 1.79. The monoisotopic (exact) mass is 254 g/mol. The molecule has 2 aromatic rings. The Bertz CT molecular complexity index is 510. The van der Waals surface area contributed by atoms with Crippen LogP contribution in [0.3, 0.4) is 0 Å². The Morgan fingerprint density at radius 2 is 1.38 bits per heavy atom. The van der Waals surface area contributed by atoms with Crippen molar-refractivity contribution in [1.29, 1.82) is 0 Å². The molecule has 0 aliphatic heterocycles. The van der Waals surface area contributed by atoms with Crippen LogP contribution in [0.5, 0.6) is 0 Å². The van der Waals surface area contributed by atoms with Crippen molar-refractivity contribution in [2.24, 2.45) is 0 Å². The van der Waals surface area contributed by atoms with E-state index in [4.69, 9.17) is 11.5 Å². The van der Waals surface area contributed by atoms with E-state index in [0.29, 0.717) is 31.4 Å². The van der Waals surface area contributed by atoms with Crippen molar-refractivity contribution in [3.63, 3.8) is 0 Å². The lowest BCUT2D eigenvalue weighted by atomic mass is 10.2. The molecule has 0 bridgehead atoms. The first-order valence-corrected chi connectivity index (χ1v) is 6.13. The maximum absolute atomic E-state index is 12.1. The number of hydrogen-bond donors (Lipinski definition) is 2. The summed E-state index contributed by atoms with van der Waals surface area (Å²) < 4.78 is 0. The predicted molar refractivity (Wildman–Crippen MR) is 66.0 cm³/mol. The van der Waals surface area contributed by atoms with Crippen LogP contribution < -0.4 is 11.5 Å². The molecule has 4 N–H and O–H groups in total. The largest absolute Gasteiger partial charge is 0.375 e. The minimum absolute atomic E-state index is 0.0987. The summed E-state index contributed by atoms with van der Waals surface area (Å²) in [6, 6.07) is 0. The van der Waals surface area contributed by atoms with Crippen LogP contribution in [-0.4, -0.2) is 15.8 Å². The third-order valence-corrected chi connectivity index (χ3v) is 4.01. The number of nitrogen functional groups attached to an aromatic ring is 2. The summed E-state index contributed by atoms with van der Waals surface area (Å²) in [4.78, 5) is 21.3.